The van der Waals surface area contributed by atoms with Crippen molar-refractivity contribution in [2.75, 3.05) is 46.1 Å². The van der Waals surface area contributed by atoms with Gasteiger partial charge in [-0.15, -0.1) is 0 Å². The molecule has 2 N–H and O–H groups in total. The Kier molecular flexibility index (Phi) is 5.77. The summed E-state index contributed by atoms with van der Waals surface area (Å²) >= 11 is 0. The number of aliphatic hydroxyl groups is 1. The molecule has 2 fully saturated rings. The molecule has 6 heteroatoms. The van der Waals surface area contributed by atoms with Gasteiger partial charge in [-0.25, -0.2) is 0 Å². The van der Waals surface area contributed by atoms with E-state index in [1.165, 1.54) is 0 Å². The van der Waals surface area contributed by atoms with E-state index in [1.54, 1.807) is 0 Å². The number of nitrogens with zero attached hydrogens (tertiary/aromatic N) is 1. The van der Waals surface area contributed by atoms with Gasteiger partial charge in [0, 0.05) is 26.1 Å². The second-order valence-corrected chi connectivity index (χ2v) is 5.72. The summed E-state index contributed by atoms with van der Waals surface area (Å²) < 4.78 is 10.6. The van der Waals surface area contributed by atoms with Gasteiger partial charge in [-0.2, -0.15) is 0 Å². The van der Waals surface area contributed by atoms with Crippen molar-refractivity contribution in [3.05, 3.63) is 0 Å². The van der Waals surface area contributed by atoms with Gasteiger partial charge >= 0.3 is 0 Å². The zero-order valence-corrected chi connectivity index (χ0v) is 12.3. The Morgan fingerprint density at radius 3 is 3.00 bits per heavy atom. The Bertz CT molecular complexity index is 318. The Hall–Kier alpha value is -0.690. The lowest BCUT2D eigenvalue weighted by Crippen LogP contribution is -2.56. The molecule has 0 radical (unpaired) electrons. The summed E-state index contributed by atoms with van der Waals surface area (Å²) in [7, 11) is 0. The monoisotopic (exact) mass is 286 g/mol. The minimum Gasteiger partial charge on any atom is -0.386 e. The molecule has 6 nitrogen and oxygen atoms in total. The van der Waals surface area contributed by atoms with Gasteiger partial charge in [-0.1, -0.05) is 13.3 Å². The number of rotatable bonds is 6. The van der Waals surface area contributed by atoms with E-state index in [9.17, 15) is 9.90 Å². The molecule has 2 atom stereocenters. The van der Waals surface area contributed by atoms with Gasteiger partial charge in [0.2, 0.25) is 5.91 Å². The molecule has 2 aliphatic heterocycles. The molecule has 0 spiro atoms. The number of hydrogen-bond donors (Lipinski definition) is 2. The van der Waals surface area contributed by atoms with E-state index in [-0.39, 0.29) is 18.5 Å². The maximum Gasteiger partial charge on any atom is 0.239 e. The molecule has 20 heavy (non-hydrogen) atoms. The summed E-state index contributed by atoms with van der Waals surface area (Å²) in [5.41, 5.74) is -0.903. The van der Waals surface area contributed by atoms with E-state index in [0.29, 0.717) is 32.8 Å². The minimum absolute atomic E-state index is 0.0545. The summed E-state index contributed by atoms with van der Waals surface area (Å²) in [5, 5.41) is 13.0. The van der Waals surface area contributed by atoms with Crippen LogP contribution in [0.3, 0.4) is 0 Å². The van der Waals surface area contributed by atoms with Crippen LogP contribution < -0.4 is 5.32 Å². The van der Waals surface area contributed by atoms with Crippen LogP contribution in [0.15, 0.2) is 0 Å². The van der Waals surface area contributed by atoms with Crippen LogP contribution in [0.2, 0.25) is 0 Å². The second kappa shape index (κ2) is 7.36. The van der Waals surface area contributed by atoms with Crippen molar-refractivity contribution in [3.63, 3.8) is 0 Å². The third-order valence-electron chi connectivity index (χ3n) is 4.02. The molecule has 116 valence electrons. The number of unbranched alkanes of at least 4 members (excludes halogenated alkanes) is 1. The summed E-state index contributed by atoms with van der Waals surface area (Å²) in [5.74, 6) is -0.0545. The fourth-order valence-corrected chi connectivity index (χ4v) is 2.61. The average molecular weight is 286 g/mol. The highest BCUT2D eigenvalue weighted by atomic mass is 16.5. The van der Waals surface area contributed by atoms with Gasteiger partial charge in [0.05, 0.1) is 19.8 Å². The molecule has 0 saturated carbocycles. The number of nitrogens with one attached hydrogen (secondary N) is 1. The third-order valence-corrected chi connectivity index (χ3v) is 4.02. The van der Waals surface area contributed by atoms with Gasteiger partial charge in [0.1, 0.15) is 11.6 Å². The van der Waals surface area contributed by atoms with Crippen molar-refractivity contribution in [1.29, 1.82) is 0 Å². The molecule has 2 heterocycles. The van der Waals surface area contributed by atoms with E-state index in [1.807, 2.05) is 0 Å². The van der Waals surface area contributed by atoms with Gasteiger partial charge in [0.25, 0.3) is 0 Å². The lowest BCUT2D eigenvalue weighted by atomic mass is 10.0. The Morgan fingerprint density at radius 1 is 1.45 bits per heavy atom. The van der Waals surface area contributed by atoms with E-state index >= 15 is 0 Å². The molecule has 0 bridgehead atoms. The van der Waals surface area contributed by atoms with Crippen LogP contribution in [0.1, 0.15) is 26.2 Å². The number of carbonyl (C=O) groups is 1. The van der Waals surface area contributed by atoms with Crippen LogP contribution in [0.4, 0.5) is 0 Å². The molecular weight excluding hydrogens is 260 g/mol. The van der Waals surface area contributed by atoms with Crippen LogP contribution in [-0.2, 0) is 14.3 Å². The quantitative estimate of drug-likeness (QED) is 0.705. The van der Waals surface area contributed by atoms with Crippen molar-refractivity contribution in [2.24, 2.45) is 0 Å². The third kappa shape index (κ3) is 4.15. The predicted octanol–water partition coefficient (Wildman–Crippen LogP) is -0.245. The SMILES string of the molecule is CCCCN1CCOC[C@H]1C(=O)NC[C@@]1(O)CCOC1. The van der Waals surface area contributed by atoms with Crippen molar-refractivity contribution < 1.29 is 19.4 Å². The van der Waals surface area contributed by atoms with Crippen LogP contribution in [0.25, 0.3) is 0 Å². The van der Waals surface area contributed by atoms with Crippen LogP contribution in [-0.4, -0.2) is 73.6 Å². The van der Waals surface area contributed by atoms with Crippen LogP contribution in [0.5, 0.6) is 0 Å². The standard InChI is InChI=1S/C14H26N2O4/c1-2-3-5-16-6-8-19-9-12(16)13(17)15-10-14(18)4-7-20-11-14/h12,18H,2-11H2,1H3,(H,15,17)/t12-,14-/m0/s1. The van der Waals surface area contributed by atoms with Gasteiger partial charge in [0.15, 0.2) is 0 Å². The fourth-order valence-electron chi connectivity index (χ4n) is 2.61. The highest BCUT2D eigenvalue weighted by Crippen LogP contribution is 2.17. The highest BCUT2D eigenvalue weighted by molar-refractivity contribution is 5.82. The van der Waals surface area contributed by atoms with Crippen LogP contribution in [0, 0.1) is 0 Å². The second-order valence-electron chi connectivity index (χ2n) is 5.72. The number of ether oxygens (including phenoxy) is 2. The van der Waals surface area contributed by atoms with E-state index < -0.39 is 5.60 Å². The first-order valence-corrected chi connectivity index (χ1v) is 7.54. The molecule has 2 aliphatic rings. The molecule has 0 aromatic carbocycles. The maximum absolute atomic E-state index is 12.3. The van der Waals surface area contributed by atoms with E-state index in [2.05, 4.69) is 17.1 Å². The van der Waals surface area contributed by atoms with Crippen molar-refractivity contribution >= 4 is 5.91 Å². The summed E-state index contributed by atoms with van der Waals surface area (Å²) in [6.45, 7) is 6.09. The smallest absolute Gasteiger partial charge is 0.239 e. The van der Waals surface area contributed by atoms with Crippen LogP contribution >= 0.6 is 0 Å². The Balaban J connectivity index is 1.82. The molecule has 2 rings (SSSR count). The lowest BCUT2D eigenvalue weighted by Gasteiger charge is -2.35. The summed E-state index contributed by atoms with van der Waals surface area (Å²) in [4.78, 5) is 14.5. The van der Waals surface area contributed by atoms with Crippen molar-refractivity contribution in [2.45, 2.75) is 37.8 Å². The number of carbonyl (C=O) groups excluding carboxylic acids is 1. The number of hydrogen-bond acceptors (Lipinski definition) is 5. The van der Waals surface area contributed by atoms with E-state index in [4.69, 9.17) is 9.47 Å². The normalized spacial score (nSPS) is 31.4. The first-order chi connectivity index (χ1) is 9.64. The number of morpholine rings is 1. The minimum atomic E-state index is -0.903. The molecule has 2 saturated heterocycles. The zero-order valence-electron chi connectivity index (χ0n) is 12.3. The zero-order chi connectivity index (χ0) is 14.4. The van der Waals surface area contributed by atoms with Crippen molar-refractivity contribution in [3.8, 4) is 0 Å². The molecule has 0 aromatic heterocycles. The average Bonchev–Trinajstić information content (AvgIpc) is 2.90. The first-order valence-electron chi connectivity index (χ1n) is 7.54. The van der Waals surface area contributed by atoms with Crippen molar-refractivity contribution in [1.82, 2.24) is 10.2 Å². The van der Waals surface area contributed by atoms with Gasteiger partial charge in [-0.3, -0.25) is 9.69 Å². The topological polar surface area (TPSA) is 71.0 Å². The Labute approximate surface area is 120 Å². The predicted molar refractivity (Wildman–Crippen MR) is 74.5 cm³/mol. The fraction of sp³-hybridized carbons (Fsp3) is 0.929. The van der Waals surface area contributed by atoms with E-state index in [0.717, 1.165) is 25.9 Å². The Morgan fingerprint density at radius 2 is 2.30 bits per heavy atom. The summed E-state index contributed by atoms with van der Waals surface area (Å²) in [6, 6.07) is -0.235. The molecule has 1 amide bonds. The molecule has 0 unspecified atom stereocenters. The maximum atomic E-state index is 12.3. The first kappa shape index (κ1) is 15.7. The molecule has 0 aromatic rings. The largest absolute Gasteiger partial charge is 0.386 e. The number of amides is 1. The molecule has 0 aliphatic carbocycles. The lowest BCUT2D eigenvalue weighted by molar-refractivity contribution is -0.133. The van der Waals surface area contributed by atoms with Gasteiger partial charge < -0.3 is 19.9 Å². The molecular formula is C14H26N2O4. The van der Waals surface area contributed by atoms with Gasteiger partial charge in [-0.05, 0) is 13.0 Å². The highest BCUT2D eigenvalue weighted by Gasteiger charge is 2.35. The summed E-state index contributed by atoms with van der Waals surface area (Å²) in [6.07, 6.45) is 2.78.